The SMILES string of the molecule is CC[Si](CC)(CC)c1cc2cc[n+](C)c3c4c(C)c(C)cc5c6c(C#N)cccc6n(c(c1)c23)c54. The Kier molecular flexibility index (Phi) is 4.75. The molecule has 0 radical (unpaired) electrons. The van der Waals surface area contributed by atoms with Crippen LogP contribution in [0.4, 0.5) is 0 Å². The minimum absolute atomic E-state index is 0.752. The number of rotatable bonds is 4. The summed E-state index contributed by atoms with van der Waals surface area (Å²) < 4.78 is 4.77. The summed E-state index contributed by atoms with van der Waals surface area (Å²) in [6, 6.07) is 22.1. The number of hydrogen-bond donors (Lipinski definition) is 0. The molecule has 0 saturated heterocycles. The normalized spacial score (nSPS) is 12.6. The topological polar surface area (TPSA) is 32.1 Å². The minimum atomic E-state index is -1.60. The van der Waals surface area contributed by atoms with Gasteiger partial charge in [-0.05, 0) is 54.6 Å². The Morgan fingerprint density at radius 1 is 0.914 bits per heavy atom. The summed E-state index contributed by atoms with van der Waals surface area (Å²) in [5.41, 5.74) is 8.29. The monoisotopic (exact) mass is 474 g/mol. The van der Waals surface area contributed by atoms with Gasteiger partial charge in [-0.25, -0.2) is 4.57 Å². The highest BCUT2D eigenvalue weighted by Crippen LogP contribution is 2.42. The van der Waals surface area contributed by atoms with Crippen LogP contribution in [0, 0.1) is 25.2 Å². The van der Waals surface area contributed by atoms with Gasteiger partial charge in [-0.2, -0.15) is 5.26 Å². The van der Waals surface area contributed by atoms with E-state index in [4.69, 9.17) is 0 Å². The molecule has 0 spiro atoms. The van der Waals surface area contributed by atoms with Gasteiger partial charge in [0.05, 0.1) is 47.0 Å². The van der Waals surface area contributed by atoms with Crippen LogP contribution in [-0.2, 0) is 7.05 Å². The quantitative estimate of drug-likeness (QED) is 0.117. The number of aromatic nitrogens is 2. The van der Waals surface area contributed by atoms with Crippen LogP contribution in [0.25, 0.3) is 49.0 Å². The lowest BCUT2D eigenvalue weighted by molar-refractivity contribution is -0.643. The Bertz CT molecular complexity index is 1840. The minimum Gasteiger partial charge on any atom is -0.307 e. The molecule has 0 amide bonds. The average molecular weight is 475 g/mol. The molecule has 0 N–H and O–H groups in total. The van der Waals surface area contributed by atoms with Gasteiger partial charge in [-0.15, -0.1) is 0 Å². The highest BCUT2D eigenvalue weighted by Gasteiger charge is 2.32. The van der Waals surface area contributed by atoms with E-state index in [1.54, 1.807) is 5.19 Å². The smallest absolute Gasteiger partial charge is 0.224 e. The van der Waals surface area contributed by atoms with Crippen LogP contribution in [0.1, 0.15) is 37.5 Å². The van der Waals surface area contributed by atoms with Crippen molar-refractivity contribution < 1.29 is 4.57 Å². The molecule has 3 nitrogen and oxygen atoms in total. The standard InChI is InChI=1S/C31H32N3Si/c1-7-35(8-2,9-3)23-16-21-13-14-33(6)31-27-20(5)19(4)15-24-28-22(18-32)11-10-12-25(28)34(30(24)27)26(17-23)29(21)31/h10-17H,7-9H2,1-6H3/q+1. The first-order valence-corrected chi connectivity index (χ1v) is 15.5. The summed E-state index contributed by atoms with van der Waals surface area (Å²) in [5, 5.41) is 17.8. The average Bonchev–Trinajstić information content (AvgIpc) is 3.21. The van der Waals surface area contributed by atoms with Crippen molar-refractivity contribution in [2.75, 3.05) is 0 Å². The lowest BCUT2D eigenvalue weighted by atomic mass is 9.96. The summed E-state index contributed by atoms with van der Waals surface area (Å²) in [6.07, 6.45) is 2.23. The van der Waals surface area contributed by atoms with Crippen molar-refractivity contribution in [3.05, 3.63) is 65.4 Å². The van der Waals surface area contributed by atoms with E-state index in [0.717, 1.165) is 16.5 Å². The van der Waals surface area contributed by atoms with Crippen LogP contribution in [0.3, 0.4) is 0 Å². The molecule has 3 aromatic heterocycles. The number of aryl methyl sites for hydroxylation is 3. The molecule has 0 aliphatic rings. The molecule has 35 heavy (non-hydrogen) atoms. The van der Waals surface area contributed by atoms with E-state index in [-0.39, 0.29) is 0 Å². The largest absolute Gasteiger partial charge is 0.307 e. The Labute approximate surface area is 207 Å². The second kappa shape index (κ2) is 7.54. The van der Waals surface area contributed by atoms with Gasteiger partial charge in [-0.3, -0.25) is 0 Å². The molecule has 6 rings (SSSR count). The van der Waals surface area contributed by atoms with Crippen LogP contribution in [0.15, 0.2) is 48.7 Å². The summed E-state index contributed by atoms with van der Waals surface area (Å²) in [6.45, 7) is 11.6. The van der Waals surface area contributed by atoms with Gasteiger partial charge in [0.25, 0.3) is 0 Å². The number of nitriles is 1. The first-order chi connectivity index (χ1) is 16.9. The number of hydrogen-bond acceptors (Lipinski definition) is 1. The van der Waals surface area contributed by atoms with E-state index < -0.39 is 8.07 Å². The van der Waals surface area contributed by atoms with Crippen molar-refractivity contribution in [1.82, 2.24) is 4.40 Å². The third kappa shape index (κ3) is 2.68. The fourth-order valence-electron chi connectivity index (χ4n) is 6.72. The van der Waals surface area contributed by atoms with Crippen LogP contribution in [0.5, 0.6) is 0 Å². The number of pyridine rings is 2. The summed E-state index contributed by atoms with van der Waals surface area (Å²) in [5.74, 6) is 0. The predicted octanol–water partition coefficient (Wildman–Crippen LogP) is 7.02. The molecule has 174 valence electrons. The molecule has 0 bridgehead atoms. The first kappa shape index (κ1) is 22.1. The summed E-state index contributed by atoms with van der Waals surface area (Å²) >= 11 is 0. The van der Waals surface area contributed by atoms with Gasteiger partial charge in [0, 0.05) is 16.8 Å². The second-order valence-electron chi connectivity index (χ2n) is 10.3. The van der Waals surface area contributed by atoms with Gasteiger partial charge in [0.1, 0.15) is 7.05 Å². The van der Waals surface area contributed by atoms with Gasteiger partial charge in [0.2, 0.25) is 5.52 Å². The van der Waals surface area contributed by atoms with E-state index in [0.29, 0.717) is 0 Å². The van der Waals surface area contributed by atoms with Crippen molar-refractivity contribution in [2.45, 2.75) is 52.8 Å². The van der Waals surface area contributed by atoms with E-state index in [9.17, 15) is 5.26 Å². The third-order valence-corrected chi connectivity index (χ3v) is 14.6. The summed E-state index contributed by atoms with van der Waals surface area (Å²) in [4.78, 5) is 0. The molecular weight excluding hydrogens is 442 g/mol. The fraction of sp³-hybridized carbons (Fsp3) is 0.290. The van der Waals surface area contributed by atoms with E-state index in [1.165, 1.54) is 67.4 Å². The molecular formula is C31H32N3Si+. The Morgan fingerprint density at radius 3 is 2.34 bits per heavy atom. The number of benzene rings is 3. The highest BCUT2D eigenvalue weighted by atomic mass is 28.3. The lowest BCUT2D eigenvalue weighted by Crippen LogP contribution is -2.45. The molecule has 0 aliphatic carbocycles. The molecule has 3 aromatic carbocycles. The molecule has 3 heterocycles. The van der Waals surface area contributed by atoms with Crippen molar-refractivity contribution in [2.24, 2.45) is 7.05 Å². The third-order valence-electron chi connectivity index (χ3n) is 9.05. The van der Waals surface area contributed by atoms with Crippen LogP contribution < -0.4 is 9.75 Å². The van der Waals surface area contributed by atoms with Crippen molar-refractivity contribution in [3.8, 4) is 6.07 Å². The zero-order chi connectivity index (χ0) is 24.6. The molecule has 0 fully saturated rings. The van der Waals surface area contributed by atoms with Crippen molar-refractivity contribution in [3.63, 3.8) is 0 Å². The molecule has 0 atom stereocenters. The van der Waals surface area contributed by atoms with Crippen LogP contribution >= 0.6 is 0 Å². The maximum Gasteiger partial charge on any atom is 0.224 e. The maximum atomic E-state index is 10.0. The van der Waals surface area contributed by atoms with Crippen LogP contribution in [0.2, 0.25) is 18.1 Å². The van der Waals surface area contributed by atoms with Crippen LogP contribution in [-0.4, -0.2) is 12.5 Å². The van der Waals surface area contributed by atoms with Gasteiger partial charge >= 0.3 is 0 Å². The molecule has 0 saturated carbocycles. The van der Waals surface area contributed by atoms with E-state index in [2.05, 4.69) is 93.2 Å². The number of fused-ring (bicyclic) bond motifs is 5. The van der Waals surface area contributed by atoms with Gasteiger partial charge in [-0.1, -0.05) is 56.2 Å². The maximum absolute atomic E-state index is 10.0. The fourth-order valence-corrected chi connectivity index (χ4v) is 10.3. The summed E-state index contributed by atoms with van der Waals surface area (Å²) in [7, 11) is 0.572. The lowest BCUT2D eigenvalue weighted by Gasteiger charge is -2.29. The zero-order valence-corrected chi connectivity index (χ0v) is 22.6. The van der Waals surface area contributed by atoms with Gasteiger partial charge < -0.3 is 4.40 Å². The Hall–Kier alpha value is -3.42. The molecule has 0 unspecified atom stereocenters. The Balaban J connectivity index is 2.02. The first-order valence-electron chi connectivity index (χ1n) is 12.9. The Morgan fingerprint density at radius 2 is 1.66 bits per heavy atom. The number of nitrogens with zero attached hydrogens (tertiary/aromatic N) is 3. The highest BCUT2D eigenvalue weighted by molar-refractivity contribution is 6.92. The zero-order valence-electron chi connectivity index (χ0n) is 21.6. The van der Waals surface area contributed by atoms with E-state index in [1.807, 2.05) is 12.1 Å². The van der Waals surface area contributed by atoms with E-state index >= 15 is 0 Å². The predicted molar refractivity (Wildman–Crippen MR) is 151 cm³/mol. The molecule has 4 heteroatoms. The molecule has 0 aliphatic heterocycles. The van der Waals surface area contributed by atoms with Crippen molar-refractivity contribution >= 4 is 62.3 Å². The van der Waals surface area contributed by atoms with Gasteiger partial charge in [0.15, 0.2) is 6.20 Å². The van der Waals surface area contributed by atoms with Crippen molar-refractivity contribution in [1.29, 1.82) is 5.26 Å². The molecule has 6 aromatic rings. The second-order valence-corrected chi connectivity index (χ2v) is 15.6.